The molecule has 5 nitrogen and oxygen atoms in total. The van der Waals surface area contributed by atoms with Gasteiger partial charge in [-0.25, -0.2) is 4.79 Å². The van der Waals surface area contributed by atoms with Gasteiger partial charge in [0.2, 0.25) is 0 Å². The molecular formula is C14H21NO4. The Labute approximate surface area is 113 Å². The molecule has 5 heteroatoms. The van der Waals surface area contributed by atoms with E-state index in [1.54, 1.807) is 18.2 Å². The fraction of sp³-hybridized carbons (Fsp3) is 0.500. The van der Waals surface area contributed by atoms with Gasteiger partial charge in [0.25, 0.3) is 0 Å². The first-order chi connectivity index (χ1) is 8.81. The third-order valence-corrected chi connectivity index (χ3v) is 2.33. The highest BCUT2D eigenvalue weighted by Crippen LogP contribution is 2.26. The quantitative estimate of drug-likeness (QED) is 0.879. The summed E-state index contributed by atoms with van der Waals surface area (Å²) < 4.78 is 10.1. The predicted molar refractivity (Wildman–Crippen MR) is 72.6 cm³/mol. The summed E-state index contributed by atoms with van der Waals surface area (Å²) in [5, 5.41) is 12.1. The van der Waals surface area contributed by atoms with Crippen LogP contribution in [-0.4, -0.2) is 30.5 Å². The lowest BCUT2D eigenvalue weighted by molar-refractivity contribution is 0.0528. The molecule has 0 spiro atoms. The van der Waals surface area contributed by atoms with Crippen molar-refractivity contribution in [1.82, 2.24) is 5.32 Å². The number of amides is 1. The van der Waals surface area contributed by atoms with E-state index in [1.807, 2.05) is 20.8 Å². The van der Waals surface area contributed by atoms with Gasteiger partial charge in [0.15, 0.2) is 11.5 Å². The molecule has 1 aromatic carbocycles. The van der Waals surface area contributed by atoms with Crippen LogP contribution in [0, 0.1) is 0 Å². The van der Waals surface area contributed by atoms with Crippen LogP contribution in [-0.2, 0) is 11.2 Å². The molecule has 1 rings (SSSR count). The third kappa shape index (κ3) is 5.50. The molecule has 1 amide bonds. The van der Waals surface area contributed by atoms with Crippen LogP contribution in [0.5, 0.6) is 11.5 Å². The maximum absolute atomic E-state index is 11.4. The van der Waals surface area contributed by atoms with Crippen molar-refractivity contribution in [1.29, 1.82) is 0 Å². The van der Waals surface area contributed by atoms with E-state index in [0.29, 0.717) is 18.7 Å². The number of hydrogen-bond donors (Lipinski definition) is 2. The molecule has 0 bridgehead atoms. The van der Waals surface area contributed by atoms with E-state index in [0.717, 1.165) is 5.56 Å². The number of methoxy groups -OCH3 is 1. The van der Waals surface area contributed by atoms with Crippen LogP contribution in [0.25, 0.3) is 0 Å². The first-order valence-electron chi connectivity index (χ1n) is 6.14. The molecule has 106 valence electrons. The third-order valence-electron chi connectivity index (χ3n) is 2.33. The molecule has 0 aromatic heterocycles. The number of phenolic OH excluding ortho intramolecular Hbond substituents is 1. The molecule has 0 fully saturated rings. The Hall–Kier alpha value is -1.91. The smallest absolute Gasteiger partial charge is 0.407 e. The van der Waals surface area contributed by atoms with Crippen molar-refractivity contribution in [3.8, 4) is 11.5 Å². The maximum Gasteiger partial charge on any atom is 0.407 e. The molecular weight excluding hydrogens is 246 g/mol. The van der Waals surface area contributed by atoms with Crippen LogP contribution in [0.4, 0.5) is 4.79 Å². The van der Waals surface area contributed by atoms with Crippen molar-refractivity contribution in [3.63, 3.8) is 0 Å². The fourth-order valence-electron chi connectivity index (χ4n) is 1.50. The monoisotopic (exact) mass is 267 g/mol. The first-order valence-corrected chi connectivity index (χ1v) is 6.14. The van der Waals surface area contributed by atoms with Crippen LogP contribution in [0.2, 0.25) is 0 Å². The Bertz CT molecular complexity index is 438. The van der Waals surface area contributed by atoms with Crippen LogP contribution in [0.3, 0.4) is 0 Å². The van der Waals surface area contributed by atoms with Crippen LogP contribution >= 0.6 is 0 Å². The Balaban J connectivity index is 2.43. The molecule has 0 aliphatic rings. The summed E-state index contributed by atoms with van der Waals surface area (Å²) >= 11 is 0. The average Bonchev–Trinajstić information content (AvgIpc) is 2.29. The second-order valence-corrected chi connectivity index (χ2v) is 5.18. The number of nitrogens with one attached hydrogen (secondary N) is 1. The number of carbonyl (C=O) groups is 1. The number of hydrogen-bond acceptors (Lipinski definition) is 4. The van der Waals surface area contributed by atoms with Gasteiger partial charge in [-0.15, -0.1) is 0 Å². The van der Waals surface area contributed by atoms with Gasteiger partial charge >= 0.3 is 6.09 Å². The molecule has 0 heterocycles. The molecule has 2 N–H and O–H groups in total. The van der Waals surface area contributed by atoms with Gasteiger partial charge in [0, 0.05) is 6.54 Å². The number of benzene rings is 1. The summed E-state index contributed by atoms with van der Waals surface area (Å²) in [4.78, 5) is 11.4. The van der Waals surface area contributed by atoms with Gasteiger partial charge in [-0.2, -0.15) is 0 Å². The maximum atomic E-state index is 11.4. The van der Waals surface area contributed by atoms with Gasteiger partial charge in [0.1, 0.15) is 5.60 Å². The molecule has 1 aromatic rings. The highest BCUT2D eigenvalue weighted by molar-refractivity contribution is 5.67. The largest absolute Gasteiger partial charge is 0.504 e. The number of phenols is 1. The van der Waals surface area contributed by atoms with Crippen LogP contribution in [0.1, 0.15) is 26.3 Å². The highest BCUT2D eigenvalue weighted by atomic mass is 16.6. The zero-order valence-electron chi connectivity index (χ0n) is 11.8. The predicted octanol–water partition coefficient (Wildman–Crippen LogP) is 2.47. The van der Waals surface area contributed by atoms with Crippen molar-refractivity contribution in [2.75, 3.05) is 13.7 Å². The van der Waals surface area contributed by atoms with E-state index < -0.39 is 11.7 Å². The van der Waals surface area contributed by atoms with Crippen molar-refractivity contribution < 1.29 is 19.4 Å². The molecule has 0 atom stereocenters. The highest BCUT2D eigenvalue weighted by Gasteiger charge is 2.15. The summed E-state index contributed by atoms with van der Waals surface area (Å²) in [7, 11) is 1.50. The SMILES string of the molecule is COc1cc(CCNC(=O)OC(C)(C)C)ccc1O. The van der Waals surface area contributed by atoms with Crippen molar-refractivity contribution in [2.45, 2.75) is 32.8 Å². The van der Waals surface area contributed by atoms with Crippen molar-refractivity contribution in [2.24, 2.45) is 0 Å². The van der Waals surface area contributed by atoms with Crippen LogP contribution in [0.15, 0.2) is 18.2 Å². The zero-order valence-corrected chi connectivity index (χ0v) is 11.8. The number of ether oxygens (including phenoxy) is 2. The number of aromatic hydroxyl groups is 1. The van der Waals surface area contributed by atoms with E-state index >= 15 is 0 Å². The molecule has 0 aliphatic heterocycles. The number of alkyl carbamates (subject to hydrolysis) is 1. The minimum atomic E-state index is -0.494. The average molecular weight is 267 g/mol. The van der Waals surface area contributed by atoms with Crippen molar-refractivity contribution in [3.05, 3.63) is 23.8 Å². The van der Waals surface area contributed by atoms with E-state index in [4.69, 9.17) is 9.47 Å². The lowest BCUT2D eigenvalue weighted by atomic mass is 10.1. The normalized spacial score (nSPS) is 10.9. The topological polar surface area (TPSA) is 67.8 Å². The van der Waals surface area contributed by atoms with Gasteiger partial charge in [-0.3, -0.25) is 0 Å². The summed E-state index contributed by atoms with van der Waals surface area (Å²) in [6.07, 6.45) is 0.203. The Morgan fingerprint density at radius 2 is 2.05 bits per heavy atom. The van der Waals surface area contributed by atoms with Crippen molar-refractivity contribution >= 4 is 6.09 Å². The van der Waals surface area contributed by atoms with Gasteiger partial charge in [-0.05, 0) is 44.9 Å². The molecule has 19 heavy (non-hydrogen) atoms. The Morgan fingerprint density at radius 1 is 1.37 bits per heavy atom. The summed E-state index contributed by atoms with van der Waals surface area (Å²) in [5.41, 5.74) is 0.469. The summed E-state index contributed by atoms with van der Waals surface area (Å²) in [5.74, 6) is 0.529. The lowest BCUT2D eigenvalue weighted by Crippen LogP contribution is -2.33. The summed E-state index contributed by atoms with van der Waals surface area (Å²) in [6.45, 7) is 5.91. The minimum absolute atomic E-state index is 0.103. The second kappa shape index (κ2) is 6.31. The number of carbonyl (C=O) groups excluding carboxylic acids is 1. The molecule has 0 saturated carbocycles. The van der Waals surface area contributed by atoms with E-state index in [1.165, 1.54) is 7.11 Å². The molecule has 0 aliphatic carbocycles. The molecule has 0 unspecified atom stereocenters. The first kappa shape index (κ1) is 15.1. The molecule has 0 saturated heterocycles. The van der Waals surface area contributed by atoms with E-state index in [9.17, 15) is 9.90 Å². The van der Waals surface area contributed by atoms with E-state index in [-0.39, 0.29) is 5.75 Å². The lowest BCUT2D eigenvalue weighted by Gasteiger charge is -2.19. The van der Waals surface area contributed by atoms with E-state index in [2.05, 4.69) is 5.32 Å². The number of rotatable bonds is 4. The second-order valence-electron chi connectivity index (χ2n) is 5.18. The van der Waals surface area contributed by atoms with Gasteiger partial charge in [0.05, 0.1) is 7.11 Å². The minimum Gasteiger partial charge on any atom is -0.504 e. The Morgan fingerprint density at radius 3 is 2.63 bits per heavy atom. The standard InChI is InChI=1S/C14H21NO4/c1-14(2,3)19-13(17)15-8-7-10-5-6-11(16)12(9-10)18-4/h5-6,9,16H,7-8H2,1-4H3,(H,15,17). The fourth-order valence-corrected chi connectivity index (χ4v) is 1.50. The van der Waals surface area contributed by atoms with Gasteiger partial charge < -0.3 is 19.9 Å². The Kier molecular flexibility index (Phi) is 5.03. The zero-order chi connectivity index (χ0) is 14.5. The molecule has 0 radical (unpaired) electrons. The van der Waals surface area contributed by atoms with Gasteiger partial charge in [-0.1, -0.05) is 6.07 Å². The summed E-state index contributed by atoms with van der Waals surface area (Å²) in [6, 6.07) is 5.10. The van der Waals surface area contributed by atoms with Crippen LogP contribution < -0.4 is 10.1 Å².